The van der Waals surface area contributed by atoms with Crippen LogP contribution in [0.25, 0.3) is 11.4 Å². The maximum atomic E-state index is 13.1. The molecule has 0 aliphatic carbocycles. The Morgan fingerprint density at radius 3 is 2.71 bits per heavy atom. The SMILES string of the molecule is Cl.O=C(NCc1nc(-c2ccc(Br)cc2)n[nH]1)C1CC(F)(F)CN1. The molecule has 0 bridgehead atoms. The van der Waals surface area contributed by atoms with Gasteiger partial charge in [0.1, 0.15) is 5.82 Å². The van der Waals surface area contributed by atoms with Crippen molar-refractivity contribution in [2.75, 3.05) is 6.54 Å². The smallest absolute Gasteiger partial charge is 0.262 e. The van der Waals surface area contributed by atoms with E-state index in [0.29, 0.717) is 11.6 Å². The molecular formula is C14H15BrClF2N5O. The van der Waals surface area contributed by atoms with Crippen molar-refractivity contribution >= 4 is 34.2 Å². The third-order valence-corrected chi connectivity index (χ3v) is 4.02. The van der Waals surface area contributed by atoms with Crippen LogP contribution in [0.1, 0.15) is 12.2 Å². The van der Waals surface area contributed by atoms with E-state index in [2.05, 4.69) is 41.7 Å². The van der Waals surface area contributed by atoms with E-state index < -0.39 is 30.8 Å². The lowest BCUT2D eigenvalue weighted by atomic mass is 10.2. The van der Waals surface area contributed by atoms with Crippen LogP contribution in [-0.2, 0) is 11.3 Å². The lowest BCUT2D eigenvalue weighted by Gasteiger charge is -2.09. The summed E-state index contributed by atoms with van der Waals surface area (Å²) in [6, 6.07) is 6.59. The number of nitrogens with one attached hydrogen (secondary N) is 3. The zero-order valence-electron chi connectivity index (χ0n) is 12.4. The van der Waals surface area contributed by atoms with Crippen molar-refractivity contribution in [3.05, 3.63) is 34.6 Å². The van der Waals surface area contributed by atoms with Crippen molar-refractivity contribution in [3.63, 3.8) is 0 Å². The van der Waals surface area contributed by atoms with Gasteiger partial charge in [-0.1, -0.05) is 28.1 Å². The van der Waals surface area contributed by atoms with E-state index in [-0.39, 0.29) is 19.0 Å². The fraction of sp³-hybridized carbons (Fsp3) is 0.357. The number of benzene rings is 1. The molecule has 1 amide bonds. The minimum atomic E-state index is -2.83. The highest BCUT2D eigenvalue weighted by molar-refractivity contribution is 9.10. The van der Waals surface area contributed by atoms with E-state index >= 15 is 0 Å². The van der Waals surface area contributed by atoms with Crippen molar-refractivity contribution in [1.82, 2.24) is 25.8 Å². The first-order valence-corrected chi connectivity index (χ1v) is 7.78. The predicted molar refractivity (Wildman–Crippen MR) is 90.0 cm³/mol. The molecule has 1 unspecified atom stereocenters. The number of alkyl halides is 2. The minimum Gasteiger partial charge on any atom is -0.347 e. The van der Waals surface area contributed by atoms with Crippen LogP contribution in [0.3, 0.4) is 0 Å². The fourth-order valence-electron chi connectivity index (χ4n) is 2.30. The summed E-state index contributed by atoms with van der Waals surface area (Å²) in [5.74, 6) is -2.33. The third kappa shape index (κ3) is 4.49. The lowest BCUT2D eigenvalue weighted by Crippen LogP contribution is -2.40. The van der Waals surface area contributed by atoms with Gasteiger partial charge in [0.25, 0.3) is 5.92 Å². The summed E-state index contributed by atoms with van der Waals surface area (Å²) in [6.45, 7) is -0.368. The van der Waals surface area contributed by atoms with Gasteiger partial charge >= 0.3 is 0 Å². The van der Waals surface area contributed by atoms with E-state index in [0.717, 1.165) is 10.0 Å². The van der Waals surface area contributed by atoms with E-state index in [9.17, 15) is 13.6 Å². The highest BCUT2D eigenvalue weighted by Crippen LogP contribution is 2.25. The Morgan fingerprint density at radius 2 is 2.08 bits per heavy atom. The molecule has 1 aliphatic heterocycles. The zero-order valence-corrected chi connectivity index (χ0v) is 14.8. The van der Waals surface area contributed by atoms with Crippen LogP contribution in [0.2, 0.25) is 0 Å². The van der Waals surface area contributed by atoms with Crippen LogP contribution in [0.15, 0.2) is 28.7 Å². The maximum Gasteiger partial charge on any atom is 0.262 e. The molecule has 2 heterocycles. The van der Waals surface area contributed by atoms with Crippen molar-refractivity contribution < 1.29 is 13.6 Å². The molecule has 6 nitrogen and oxygen atoms in total. The predicted octanol–water partition coefficient (Wildman–Crippen LogP) is 2.27. The van der Waals surface area contributed by atoms with Gasteiger partial charge in [0, 0.05) is 16.5 Å². The molecule has 3 N–H and O–H groups in total. The van der Waals surface area contributed by atoms with Gasteiger partial charge in [-0.3, -0.25) is 15.2 Å². The second kappa shape index (κ2) is 7.54. The van der Waals surface area contributed by atoms with Gasteiger partial charge in [-0.05, 0) is 12.1 Å². The Morgan fingerprint density at radius 1 is 1.38 bits per heavy atom. The highest BCUT2D eigenvalue weighted by Gasteiger charge is 2.42. The van der Waals surface area contributed by atoms with Crippen molar-refractivity contribution in [2.45, 2.75) is 24.9 Å². The first-order chi connectivity index (χ1) is 10.9. The summed E-state index contributed by atoms with van der Waals surface area (Å²) < 4.78 is 27.1. The third-order valence-electron chi connectivity index (χ3n) is 3.49. The summed E-state index contributed by atoms with van der Waals surface area (Å²) in [4.78, 5) is 16.1. The number of hydrogen-bond donors (Lipinski definition) is 3. The average molecular weight is 423 g/mol. The van der Waals surface area contributed by atoms with Crippen LogP contribution < -0.4 is 10.6 Å². The molecule has 0 saturated carbocycles. The van der Waals surface area contributed by atoms with Gasteiger partial charge < -0.3 is 5.32 Å². The molecule has 1 aromatic carbocycles. The molecule has 3 rings (SSSR count). The summed E-state index contributed by atoms with van der Waals surface area (Å²) in [7, 11) is 0. The number of amides is 1. The number of carbonyl (C=O) groups is 1. The second-order valence-corrected chi connectivity index (χ2v) is 6.24. The van der Waals surface area contributed by atoms with Gasteiger partial charge in [0.2, 0.25) is 5.91 Å². The van der Waals surface area contributed by atoms with E-state index in [1.54, 1.807) is 0 Å². The Kier molecular flexibility index (Phi) is 5.89. The Labute approximate surface area is 151 Å². The van der Waals surface area contributed by atoms with Crippen molar-refractivity contribution in [2.24, 2.45) is 0 Å². The average Bonchev–Trinajstić information content (AvgIpc) is 3.12. The second-order valence-electron chi connectivity index (χ2n) is 5.32. The molecule has 1 fully saturated rings. The van der Waals surface area contributed by atoms with E-state index in [1.807, 2.05) is 24.3 Å². The number of rotatable bonds is 4. The Bertz CT molecular complexity index is 709. The summed E-state index contributed by atoms with van der Waals surface area (Å²) in [6.07, 6.45) is -0.487. The maximum absolute atomic E-state index is 13.1. The van der Waals surface area contributed by atoms with E-state index in [4.69, 9.17) is 0 Å². The fourth-order valence-corrected chi connectivity index (χ4v) is 2.56. The largest absolute Gasteiger partial charge is 0.347 e. The number of halogens is 4. The van der Waals surface area contributed by atoms with Crippen LogP contribution in [-0.4, -0.2) is 39.6 Å². The molecule has 10 heteroatoms. The van der Waals surface area contributed by atoms with Crippen LogP contribution in [0.5, 0.6) is 0 Å². The lowest BCUT2D eigenvalue weighted by molar-refractivity contribution is -0.123. The molecule has 1 aliphatic rings. The number of nitrogens with zero attached hydrogens (tertiary/aromatic N) is 2. The van der Waals surface area contributed by atoms with Gasteiger partial charge in [0.15, 0.2) is 5.82 Å². The van der Waals surface area contributed by atoms with Crippen molar-refractivity contribution in [1.29, 1.82) is 0 Å². The molecule has 2 aromatic rings. The molecule has 0 spiro atoms. The summed E-state index contributed by atoms with van der Waals surface area (Å²) in [5, 5.41) is 11.9. The quantitative estimate of drug-likeness (QED) is 0.706. The number of hydrogen-bond acceptors (Lipinski definition) is 4. The number of aromatic amines is 1. The molecule has 1 atom stereocenters. The number of H-pyrrole nitrogens is 1. The minimum absolute atomic E-state index is 0. The Balaban J connectivity index is 0.00000208. The molecular weight excluding hydrogens is 408 g/mol. The Hall–Kier alpha value is -1.58. The van der Waals surface area contributed by atoms with Crippen LogP contribution in [0, 0.1) is 0 Å². The first-order valence-electron chi connectivity index (χ1n) is 6.99. The van der Waals surface area contributed by atoms with Gasteiger partial charge in [-0.25, -0.2) is 13.8 Å². The molecule has 0 radical (unpaired) electrons. The number of aromatic nitrogens is 3. The normalized spacial score (nSPS) is 18.9. The topological polar surface area (TPSA) is 82.7 Å². The van der Waals surface area contributed by atoms with Crippen LogP contribution >= 0.6 is 28.3 Å². The monoisotopic (exact) mass is 421 g/mol. The number of carbonyl (C=O) groups excluding carboxylic acids is 1. The van der Waals surface area contributed by atoms with Gasteiger partial charge in [0.05, 0.1) is 19.1 Å². The molecule has 130 valence electrons. The van der Waals surface area contributed by atoms with Crippen molar-refractivity contribution in [3.8, 4) is 11.4 Å². The molecule has 1 aromatic heterocycles. The van der Waals surface area contributed by atoms with E-state index in [1.165, 1.54) is 0 Å². The standard InChI is InChI=1S/C14H14BrF2N5O.ClH/c15-9-3-1-8(2-4-9)12-20-11(21-22-12)6-18-13(23)10-5-14(16,17)7-19-10;/h1-4,10,19H,5-7H2,(H,18,23)(H,20,21,22);1H. The molecule has 24 heavy (non-hydrogen) atoms. The molecule has 1 saturated heterocycles. The summed E-state index contributed by atoms with van der Waals surface area (Å²) in [5.41, 5.74) is 0.833. The first kappa shape index (κ1) is 18.8. The zero-order chi connectivity index (χ0) is 16.4. The van der Waals surface area contributed by atoms with Gasteiger partial charge in [-0.15, -0.1) is 12.4 Å². The summed E-state index contributed by atoms with van der Waals surface area (Å²) >= 11 is 3.35. The van der Waals surface area contributed by atoms with Crippen LogP contribution in [0.4, 0.5) is 8.78 Å². The van der Waals surface area contributed by atoms with Gasteiger partial charge in [-0.2, -0.15) is 5.10 Å². The highest BCUT2D eigenvalue weighted by atomic mass is 79.9.